The number of aryl methyl sites for hydroxylation is 1. The van der Waals surface area contributed by atoms with E-state index in [1.165, 1.54) is 16.7 Å². The summed E-state index contributed by atoms with van der Waals surface area (Å²) in [5, 5.41) is 11.8. The predicted molar refractivity (Wildman–Crippen MR) is 115 cm³/mol. The Morgan fingerprint density at radius 3 is 2.54 bits per heavy atom. The number of aliphatic carboxylic acids is 1. The third-order valence-corrected chi connectivity index (χ3v) is 5.98. The molecule has 8 heteroatoms. The molecule has 1 aromatic rings. The first-order valence-corrected chi connectivity index (χ1v) is 10.3. The van der Waals surface area contributed by atoms with Crippen molar-refractivity contribution in [2.75, 3.05) is 6.54 Å². The lowest BCUT2D eigenvalue weighted by Gasteiger charge is -2.21. The lowest BCUT2D eigenvalue weighted by molar-refractivity contribution is -0.143. The van der Waals surface area contributed by atoms with E-state index < -0.39 is 17.9 Å². The quantitative estimate of drug-likeness (QED) is 0.496. The molecule has 2 N–H and O–H groups in total. The predicted octanol–water partition coefficient (Wildman–Crippen LogP) is 3.20. The maximum absolute atomic E-state index is 12.6. The number of hydrogen-bond donors (Lipinski definition) is 2. The van der Waals surface area contributed by atoms with Crippen LogP contribution in [0.4, 0.5) is 0 Å². The Morgan fingerprint density at radius 1 is 1.32 bits per heavy atom. The van der Waals surface area contributed by atoms with Gasteiger partial charge in [0.05, 0.1) is 4.91 Å². The van der Waals surface area contributed by atoms with Crippen LogP contribution in [0.15, 0.2) is 29.2 Å². The Morgan fingerprint density at radius 2 is 1.96 bits per heavy atom. The standard InChI is InChI=1S/C20H24N2O4S2/c1-4-13(3)17(19(25)26)21-16(23)9-10-22-18(24)15(28-20(22)27)11-14-7-5-12(2)6-8-14/h5-8,11,13,17H,4,9-10H2,1-3H3,(H,21,23)(H,25,26). The van der Waals surface area contributed by atoms with Crippen molar-refractivity contribution in [3.8, 4) is 0 Å². The highest BCUT2D eigenvalue weighted by Gasteiger charge is 2.32. The van der Waals surface area contributed by atoms with Crippen LogP contribution in [0.25, 0.3) is 6.08 Å². The van der Waals surface area contributed by atoms with Gasteiger partial charge in [0.2, 0.25) is 5.91 Å². The maximum Gasteiger partial charge on any atom is 0.326 e. The second kappa shape index (κ2) is 9.84. The molecular formula is C20H24N2O4S2. The number of carboxylic acids is 1. The summed E-state index contributed by atoms with van der Waals surface area (Å²) in [4.78, 5) is 38.0. The molecule has 150 valence electrons. The first kappa shape index (κ1) is 22.1. The van der Waals surface area contributed by atoms with Gasteiger partial charge >= 0.3 is 5.97 Å². The van der Waals surface area contributed by atoms with Gasteiger partial charge in [-0.1, -0.05) is 74.1 Å². The number of amides is 2. The largest absolute Gasteiger partial charge is 0.480 e. The van der Waals surface area contributed by atoms with E-state index in [1.807, 2.05) is 38.1 Å². The number of thiocarbonyl (C=S) groups is 1. The van der Waals surface area contributed by atoms with E-state index in [2.05, 4.69) is 5.32 Å². The minimum Gasteiger partial charge on any atom is -0.480 e. The molecule has 28 heavy (non-hydrogen) atoms. The Hall–Kier alpha value is -2.19. The molecule has 0 bridgehead atoms. The third kappa shape index (κ3) is 5.65. The SMILES string of the molecule is CCC(C)C(NC(=O)CCN1C(=O)C(=Cc2ccc(C)cc2)SC1=S)C(=O)O. The van der Waals surface area contributed by atoms with E-state index in [0.29, 0.717) is 15.6 Å². The van der Waals surface area contributed by atoms with E-state index in [4.69, 9.17) is 12.2 Å². The zero-order chi connectivity index (χ0) is 20.8. The number of hydrogen-bond acceptors (Lipinski definition) is 5. The number of rotatable bonds is 8. The van der Waals surface area contributed by atoms with E-state index in [-0.39, 0.29) is 24.8 Å². The van der Waals surface area contributed by atoms with Crippen molar-refractivity contribution >= 4 is 52.2 Å². The number of carbonyl (C=O) groups excluding carboxylic acids is 2. The molecule has 1 heterocycles. The van der Waals surface area contributed by atoms with Crippen molar-refractivity contribution in [2.45, 2.75) is 39.7 Å². The van der Waals surface area contributed by atoms with Gasteiger partial charge in [0.15, 0.2) is 0 Å². The molecule has 0 saturated carbocycles. The van der Waals surface area contributed by atoms with Crippen LogP contribution in [-0.2, 0) is 14.4 Å². The summed E-state index contributed by atoms with van der Waals surface area (Å²) >= 11 is 6.48. The van der Waals surface area contributed by atoms with Gasteiger partial charge in [0, 0.05) is 13.0 Å². The number of nitrogens with one attached hydrogen (secondary N) is 1. The van der Waals surface area contributed by atoms with Gasteiger partial charge in [-0.05, 0) is 24.5 Å². The van der Waals surface area contributed by atoms with Crippen LogP contribution in [0.5, 0.6) is 0 Å². The second-order valence-corrected chi connectivity index (χ2v) is 8.44. The highest BCUT2D eigenvalue weighted by atomic mass is 32.2. The molecule has 1 aliphatic rings. The van der Waals surface area contributed by atoms with Crippen LogP contribution in [-0.4, -0.2) is 44.7 Å². The molecule has 2 atom stereocenters. The molecule has 2 amide bonds. The molecule has 0 aliphatic carbocycles. The summed E-state index contributed by atoms with van der Waals surface area (Å²) in [5.74, 6) is -1.89. The summed E-state index contributed by atoms with van der Waals surface area (Å²) in [7, 11) is 0. The molecule has 1 saturated heterocycles. The van der Waals surface area contributed by atoms with Crippen molar-refractivity contribution in [2.24, 2.45) is 5.92 Å². The first-order valence-electron chi connectivity index (χ1n) is 9.07. The molecule has 1 aliphatic heterocycles. The molecule has 0 spiro atoms. The van der Waals surface area contributed by atoms with E-state index >= 15 is 0 Å². The summed E-state index contributed by atoms with van der Waals surface area (Å²) in [6.45, 7) is 5.75. The lowest BCUT2D eigenvalue weighted by atomic mass is 9.99. The average molecular weight is 421 g/mol. The Labute approximate surface area is 174 Å². The Bertz CT molecular complexity index is 805. The molecule has 0 aromatic heterocycles. The average Bonchev–Trinajstić information content (AvgIpc) is 2.92. The van der Waals surface area contributed by atoms with Gasteiger partial charge in [-0.2, -0.15) is 0 Å². The number of carboxylic acid groups (broad SMARTS) is 1. The molecule has 1 fully saturated rings. The molecule has 1 aromatic carbocycles. The zero-order valence-corrected chi connectivity index (χ0v) is 17.7. The van der Waals surface area contributed by atoms with Crippen LogP contribution in [0.3, 0.4) is 0 Å². The highest BCUT2D eigenvalue weighted by molar-refractivity contribution is 8.26. The molecule has 0 radical (unpaired) electrons. The summed E-state index contributed by atoms with van der Waals surface area (Å²) in [6, 6.07) is 6.84. The van der Waals surface area contributed by atoms with E-state index in [1.54, 1.807) is 13.0 Å². The minimum atomic E-state index is -1.06. The number of nitrogens with zero attached hydrogens (tertiary/aromatic N) is 1. The van der Waals surface area contributed by atoms with Gasteiger partial charge in [-0.15, -0.1) is 0 Å². The van der Waals surface area contributed by atoms with Crippen molar-refractivity contribution in [1.29, 1.82) is 0 Å². The Balaban J connectivity index is 1.98. The monoisotopic (exact) mass is 420 g/mol. The fraction of sp³-hybridized carbons (Fsp3) is 0.400. The minimum absolute atomic E-state index is 0.00946. The smallest absolute Gasteiger partial charge is 0.326 e. The lowest BCUT2D eigenvalue weighted by Crippen LogP contribution is -2.46. The normalized spacial score (nSPS) is 17.7. The van der Waals surface area contributed by atoms with E-state index in [0.717, 1.165) is 11.1 Å². The van der Waals surface area contributed by atoms with Crippen LogP contribution < -0.4 is 5.32 Å². The van der Waals surface area contributed by atoms with Crippen LogP contribution in [0.2, 0.25) is 0 Å². The topological polar surface area (TPSA) is 86.7 Å². The highest BCUT2D eigenvalue weighted by Crippen LogP contribution is 2.32. The summed E-state index contributed by atoms with van der Waals surface area (Å²) in [6.07, 6.45) is 2.41. The Kier molecular flexibility index (Phi) is 7.77. The van der Waals surface area contributed by atoms with Crippen molar-refractivity contribution in [3.05, 3.63) is 40.3 Å². The molecular weight excluding hydrogens is 396 g/mol. The van der Waals surface area contributed by atoms with Gasteiger partial charge in [-0.25, -0.2) is 4.79 Å². The summed E-state index contributed by atoms with van der Waals surface area (Å²) < 4.78 is 0.396. The van der Waals surface area contributed by atoms with Crippen molar-refractivity contribution in [3.63, 3.8) is 0 Å². The third-order valence-electron chi connectivity index (χ3n) is 4.61. The van der Waals surface area contributed by atoms with Crippen LogP contribution >= 0.6 is 24.0 Å². The van der Waals surface area contributed by atoms with E-state index in [9.17, 15) is 19.5 Å². The molecule has 2 rings (SSSR count). The first-order chi connectivity index (χ1) is 13.2. The number of carbonyl (C=O) groups is 3. The second-order valence-electron chi connectivity index (χ2n) is 6.76. The van der Waals surface area contributed by atoms with Crippen molar-refractivity contribution in [1.82, 2.24) is 10.2 Å². The van der Waals surface area contributed by atoms with Crippen LogP contribution in [0, 0.1) is 12.8 Å². The van der Waals surface area contributed by atoms with Gasteiger partial charge in [0.25, 0.3) is 5.91 Å². The van der Waals surface area contributed by atoms with Crippen LogP contribution in [0.1, 0.15) is 37.8 Å². The van der Waals surface area contributed by atoms with Gasteiger partial charge in [0.1, 0.15) is 10.4 Å². The number of benzene rings is 1. The summed E-state index contributed by atoms with van der Waals surface area (Å²) in [5.41, 5.74) is 2.04. The van der Waals surface area contributed by atoms with Gasteiger partial charge in [-0.3, -0.25) is 14.5 Å². The van der Waals surface area contributed by atoms with Crippen molar-refractivity contribution < 1.29 is 19.5 Å². The molecule has 2 unspecified atom stereocenters. The maximum atomic E-state index is 12.6. The zero-order valence-electron chi connectivity index (χ0n) is 16.1. The fourth-order valence-electron chi connectivity index (χ4n) is 2.65. The van der Waals surface area contributed by atoms with Gasteiger partial charge < -0.3 is 10.4 Å². The fourth-order valence-corrected chi connectivity index (χ4v) is 3.96. The molecule has 6 nitrogen and oxygen atoms in total. The number of thioether (sulfide) groups is 1.